The van der Waals surface area contributed by atoms with Crippen molar-refractivity contribution >= 4 is 65.8 Å². The van der Waals surface area contributed by atoms with E-state index in [2.05, 4.69) is 10.3 Å². The number of anilines is 1. The van der Waals surface area contributed by atoms with Gasteiger partial charge in [-0.2, -0.15) is 0 Å². The Morgan fingerprint density at radius 1 is 1.23 bits per heavy atom. The molecule has 3 rings (SSSR count). The van der Waals surface area contributed by atoms with Crippen LogP contribution in [0.25, 0.3) is 10.2 Å². The maximum Gasteiger partial charge on any atom is 0.236 e. The second-order valence-electron chi connectivity index (χ2n) is 5.59. The molecule has 0 aliphatic carbocycles. The third-order valence-corrected chi connectivity index (χ3v) is 6.75. The third kappa shape index (κ3) is 4.97. The van der Waals surface area contributed by atoms with Crippen LogP contribution in [0.15, 0.2) is 47.4 Å². The number of hydrogen-bond donors (Lipinski definition) is 1. The molecule has 0 fully saturated rings. The monoisotopic (exact) mass is 426 g/mol. The van der Waals surface area contributed by atoms with Crippen molar-refractivity contribution in [2.24, 2.45) is 0 Å². The molecule has 0 aliphatic rings. The molecule has 26 heavy (non-hydrogen) atoms. The minimum Gasteiger partial charge on any atom is -0.301 e. The van der Waals surface area contributed by atoms with Gasteiger partial charge in [0.05, 0.1) is 20.9 Å². The number of hydrogen-bond acceptors (Lipinski definition) is 6. The Kier molecular flexibility index (Phi) is 5.86. The van der Waals surface area contributed by atoms with Crippen molar-refractivity contribution < 1.29 is 13.2 Å². The average Bonchev–Trinajstić information content (AvgIpc) is 2.97. The van der Waals surface area contributed by atoms with Crippen LogP contribution in [0.1, 0.15) is 5.56 Å². The number of nitrogens with zero attached hydrogens (tertiary/aromatic N) is 1. The smallest absolute Gasteiger partial charge is 0.236 e. The first-order valence-corrected chi connectivity index (χ1v) is 11.8. The van der Waals surface area contributed by atoms with Crippen molar-refractivity contribution in [1.29, 1.82) is 0 Å². The van der Waals surface area contributed by atoms with Gasteiger partial charge in [0.2, 0.25) is 5.91 Å². The minimum absolute atomic E-state index is 0.147. The van der Waals surface area contributed by atoms with Crippen LogP contribution in [-0.4, -0.2) is 31.3 Å². The van der Waals surface area contributed by atoms with Crippen LogP contribution < -0.4 is 5.32 Å². The number of thiazole rings is 1. The second kappa shape index (κ2) is 7.96. The molecule has 0 unspecified atom stereocenters. The Balaban J connectivity index is 1.59. The molecule has 1 amide bonds. The fraction of sp³-hybridized carbons (Fsp3) is 0.176. The van der Waals surface area contributed by atoms with Crippen LogP contribution in [0.4, 0.5) is 5.13 Å². The van der Waals surface area contributed by atoms with E-state index in [0.717, 1.165) is 16.5 Å². The molecule has 3 aromatic rings. The number of nitrogens with one attached hydrogen (secondary N) is 1. The molecule has 0 radical (unpaired) electrons. The first-order valence-electron chi connectivity index (χ1n) is 7.54. The quantitative estimate of drug-likeness (QED) is 0.638. The number of fused-ring (bicyclic) bond motifs is 1. The predicted octanol–water partition coefficient (Wildman–Crippen LogP) is 4.23. The molecule has 0 atom stereocenters. The van der Waals surface area contributed by atoms with Gasteiger partial charge in [-0.25, -0.2) is 13.4 Å². The lowest BCUT2D eigenvalue weighted by molar-refractivity contribution is -0.113. The molecule has 1 heterocycles. The Hall–Kier alpha value is -1.61. The van der Waals surface area contributed by atoms with Gasteiger partial charge in [0, 0.05) is 17.0 Å². The molecule has 0 bridgehead atoms. The zero-order valence-corrected chi connectivity index (χ0v) is 16.9. The summed E-state index contributed by atoms with van der Waals surface area (Å²) in [4.78, 5) is 16.6. The second-order valence-corrected chi connectivity index (χ2v) is 10.1. The predicted molar refractivity (Wildman–Crippen MR) is 109 cm³/mol. The zero-order chi connectivity index (χ0) is 18.7. The zero-order valence-electron chi connectivity index (χ0n) is 13.7. The van der Waals surface area contributed by atoms with E-state index in [1.807, 2.05) is 24.3 Å². The highest BCUT2D eigenvalue weighted by Gasteiger charge is 2.12. The van der Waals surface area contributed by atoms with Crippen molar-refractivity contribution in [1.82, 2.24) is 4.98 Å². The SMILES string of the molecule is CS(=O)(=O)c1ccc2nc(NC(=O)CSCc3ccc(Cl)cc3)sc2c1. The van der Waals surface area contributed by atoms with E-state index in [9.17, 15) is 13.2 Å². The fourth-order valence-electron chi connectivity index (χ4n) is 2.19. The van der Waals surface area contributed by atoms with E-state index in [1.54, 1.807) is 12.1 Å². The molecule has 136 valence electrons. The molecule has 9 heteroatoms. The Morgan fingerprint density at radius 3 is 2.65 bits per heavy atom. The van der Waals surface area contributed by atoms with Crippen LogP contribution in [0.2, 0.25) is 5.02 Å². The van der Waals surface area contributed by atoms with Gasteiger partial charge in [-0.05, 0) is 35.9 Å². The number of benzene rings is 2. The third-order valence-electron chi connectivity index (χ3n) is 3.45. The molecule has 1 N–H and O–H groups in total. The molecular weight excluding hydrogens is 412 g/mol. The summed E-state index contributed by atoms with van der Waals surface area (Å²) in [5.41, 5.74) is 1.76. The summed E-state index contributed by atoms with van der Waals surface area (Å²) in [5, 5.41) is 3.91. The standard InChI is InChI=1S/C17H15ClN2O3S3/c1-26(22,23)13-6-7-14-15(8-13)25-17(19-14)20-16(21)10-24-9-11-2-4-12(18)5-3-11/h2-8H,9-10H2,1H3,(H,19,20,21). The maximum atomic E-state index is 12.1. The van der Waals surface area contributed by atoms with Gasteiger partial charge >= 0.3 is 0 Å². The number of carbonyl (C=O) groups excluding carboxylic acids is 1. The molecule has 2 aromatic carbocycles. The van der Waals surface area contributed by atoms with Crippen molar-refractivity contribution in [3.05, 3.63) is 53.1 Å². The summed E-state index contributed by atoms with van der Waals surface area (Å²) in [6, 6.07) is 12.2. The van der Waals surface area contributed by atoms with Gasteiger partial charge in [0.1, 0.15) is 0 Å². The van der Waals surface area contributed by atoms with Gasteiger partial charge in [-0.15, -0.1) is 11.8 Å². The van der Waals surface area contributed by atoms with Crippen LogP contribution in [-0.2, 0) is 20.4 Å². The molecular formula is C17H15ClN2O3S3. The highest BCUT2D eigenvalue weighted by atomic mass is 35.5. The summed E-state index contributed by atoms with van der Waals surface area (Å²) in [6.07, 6.45) is 1.16. The van der Waals surface area contributed by atoms with Crippen LogP contribution >= 0.6 is 34.7 Å². The first-order chi connectivity index (χ1) is 12.3. The lowest BCUT2D eigenvalue weighted by Crippen LogP contribution is -2.13. The lowest BCUT2D eigenvalue weighted by Gasteiger charge is -2.02. The largest absolute Gasteiger partial charge is 0.301 e. The Morgan fingerprint density at radius 2 is 1.96 bits per heavy atom. The number of amides is 1. The number of aromatic nitrogens is 1. The number of carbonyl (C=O) groups is 1. The minimum atomic E-state index is -3.27. The van der Waals surface area contributed by atoms with Crippen molar-refractivity contribution in [2.75, 3.05) is 17.3 Å². The number of sulfone groups is 1. The Bertz CT molecular complexity index is 1050. The van der Waals surface area contributed by atoms with Crippen LogP contribution in [0.3, 0.4) is 0 Å². The van der Waals surface area contributed by atoms with Gasteiger partial charge in [-0.3, -0.25) is 4.79 Å². The summed E-state index contributed by atoms with van der Waals surface area (Å²) in [6.45, 7) is 0. The van der Waals surface area contributed by atoms with Crippen molar-refractivity contribution in [3.63, 3.8) is 0 Å². The van der Waals surface area contributed by atoms with Crippen LogP contribution in [0.5, 0.6) is 0 Å². The topological polar surface area (TPSA) is 76.1 Å². The molecule has 0 aliphatic heterocycles. The highest BCUT2D eigenvalue weighted by Crippen LogP contribution is 2.28. The number of thioether (sulfide) groups is 1. The molecule has 0 saturated heterocycles. The van der Waals surface area contributed by atoms with Crippen molar-refractivity contribution in [3.8, 4) is 0 Å². The molecule has 0 spiro atoms. The highest BCUT2D eigenvalue weighted by molar-refractivity contribution is 7.99. The van der Waals surface area contributed by atoms with Gasteiger partial charge < -0.3 is 5.32 Å². The maximum absolute atomic E-state index is 12.1. The lowest BCUT2D eigenvalue weighted by atomic mass is 10.2. The fourth-order valence-corrected chi connectivity index (χ4v) is 4.74. The number of halogens is 1. The van der Waals surface area contributed by atoms with Gasteiger partial charge in [-0.1, -0.05) is 35.1 Å². The number of rotatable bonds is 6. The van der Waals surface area contributed by atoms with Gasteiger partial charge in [0.15, 0.2) is 15.0 Å². The molecule has 1 aromatic heterocycles. The van der Waals surface area contributed by atoms with E-state index in [0.29, 0.717) is 27.2 Å². The van der Waals surface area contributed by atoms with E-state index >= 15 is 0 Å². The van der Waals surface area contributed by atoms with E-state index < -0.39 is 9.84 Å². The van der Waals surface area contributed by atoms with E-state index in [-0.39, 0.29) is 10.8 Å². The first kappa shape index (κ1) is 19.2. The summed E-state index contributed by atoms with van der Waals surface area (Å²) >= 11 is 8.60. The van der Waals surface area contributed by atoms with Gasteiger partial charge in [0.25, 0.3) is 0 Å². The summed E-state index contributed by atoms with van der Waals surface area (Å²) < 4.78 is 24.0. The summed E-state index contributed by atoms with van der Waals surface area (Å²) in [5.74, 6) is 0.862. The van der Waals surface area contributed by atoms with Crippen molar-refractivity contribution in [2.45, 2.75) is 10.6 Å². The normalized spacial score (nSPS) is 11.6. The van der Waals surface area contributed by atoms with E-state index in [1.165, 1.54) is 29.2 Å². The van der Waals surface area contributed by atoms with E-state index in [4.69, 9.17) is 11.6 Å². The van der Waals surface area contributed by atoms with Crippen LogP contribution in [0, 0.1) is 0 Å². The average molecular weight is 427 g/mol. The summed E-state index contributed by atoms with van der Waals surface area (Å²) in [7, 11) is -3.27. The Labute approximate surface area is 164 Å². The molecule has 0 saturated carbocycles. The molecule has 5 nitrogen and oxygen atoms in total.